The molecule has 0 bridgehead atoms. The monoisotopic (exact) mass is 286 g/mol. The van der Waals surface area contributed by atoms with Gasteiger partial charge in [-0.15, -0.1) is 0 Å². The Morgan fingerprint density at radius 2 is 1.71 bits per heavy atom. The summed E-state index contributed by atoms with van der Waals surface area (Å²) in [5.41, 5.74) is 1.03. The number of carbonyl (C=O) groups is 1. The molecule has 110 valence electrons. The van der Waals surface area contributed by atoms with E-state index in [-0.39, 0.29) is 5.97 Å². The lowest BCUT2D eigenvalue weighted by Crippen LogP contribution is -2.09. The second-order valence-electron chi connectivity index (χ2n) is 4.48. The Kier molecular flexibility index (Phi) is 5.21. The highest BCUT2D eigenvalue weighted by molar-refractivity contribution is 5.73. The summed E-state index contributed by atoms with van der Waals surface area (Å²) in [4.78, 5) is 11.9. The molecule has 0 radical (unpaired) electrons. The smallest absolute Gasteiger partial charge is 0.311 e. The van der Waals surface area contributed by atoms with E-state index in [2.05, 4.69) is 0 Å². The van der Waals surface area contributed by atoms with Crippen molar-refractivity contribution in [1.29, 1.82) is 0 Å². The van der Waals surface area contributed by atoms with Gasteiger partial charge < -0.3 is 14.2 Å². The number of esters is 1. The lowest BCUT2D eigenvalue weighted by atomic mass is 10.1. The molecule has 0 heterocycles. The van der Waals surface area contributed by atoms with Gasteiger partial charge in [0.05, 0.1) is 14.2 Å². The van der Waals surface area contributed by atoms with Crippen LogP contribution < -0.4 is 14.2 Å². The van der Waals surface area contributed by atoms with Crippen molar-refractivity contribution in [2.24, 2.45) is 0 Å². The molecule has 0 aromatic heterocycles. The summed E-state index contributed by atoms with van der Waals surface area (Å²) in [6.45, 7) is 0. The van der Waals surface area contributed by atoms with E-state index in [4.69, 9.17) is 14.2 Å². The van der Waals surface area contributed by atoms with Gasteiger partial charge in [0.15, 0.2) is 11.5 Å². The van der Waals surface area contributed by atoms with Crippen molar-refractivity contribution in [3.8, 4) is 17.2 Å². The molecule has 0 aliphatic rings. The van der Waals surface area contributed by atoms with Crippen LogP contribution in [0.15, 0.2) is 48.5 Å². The number of aryl methyl sites for hydroxylation is 1. The summed E-state index contributed by atoms with van der Waals surface area (Å²) >= 11 is 0. The van der Waals surface area contributed by atoms with Gasteiger partial charge in [-0.25, -0.2) is 0 Å². The first-order valence-corrected chi connectivity index (χ1v) is 6.69. The fourth-order valence-corrected chi connectivity index (χ4v) is 1.95. The van der Waals surface area contributed by atoms with Crippen LogP contribution >= 0.6 is 0 Å². The quantitative estimate of drug-likeness (QED) is 0.604. The van der Waals surface area contributed by atoms with Crippen LogP contribution in [-0.4, -0.2) is 20.2 Å². The topological polar surface area (TPSA) is 44.8 Å². The molecule has 4 heteroatoms. The SMILES string of the molecule is COc1cccc(CCC(=O)Oc2ccccc2OC)c1. The predicted molar refractivity (Wildman–Crippen MR) is 79.9 cm³/mol. The molecule has 2 aromatic rings. The van der Waals surface area contributed by atoms with E-state index < -0.39 is 0 Å². The molecule has 0 spiro atoms. The van der Waals surface area contributed by atoms with E-state index in [1.165, 1.54) is 0 Å². The maximum Gasteiger partial charge on any atom is 0.311 e. The summed E-state index contributed by atoms with van der Waals surface area (Å²) < 4.78 is 15.6. The fraction of sp³-hybridized carbons (Fsp3) is 0.235. The van der Waals surface area contributed by atoms with E-state index >= 15 is 0 Å². The van der Waals surface area contributed by atoms with Crippen LogP contribution in [0.1, 0.15) is 12.0 Å². The normalized spacial score (nSPS) is 10.0. The van der Waals surface area contributed by atoms with E-state index in [0.717, 1.165) is 11.3 Å². The summed E-state index contributed by atoms with van der Waals surface area (Å²) in [5, 5.41) is 0. The molecule has 0 fully saturated rings. The van der Waals surface area contributed by atoms with Crippen molar-refractivity contribution >= 4 is 5.97 Å². The summed E-state index contributed by atoms with van der Waals surface area (Å²) in [6, 6.07) is 14.7. The van der Waals surface area contributed by atoms with Crippen molar-refractivity contribution in [3.63, 3.8) is 0 Å². The number of methoxy groups -OCH3 is 2. The summed E-state index contributed by atoms with van der Waals surface area (Å²) in [6.07, 6.45) is 0.899. The first-order valence-electron chi connectivity index (χ1n) is 6.69. The number of hydrogen-bond acceptors (Lipinski definition) is 4. The molecule has 0 aliphatic carbocycles. The molecule has 0 N–H and O–H groups in total. The van der Waals surface area contributed by atoms with Crippen LogP contribution in [0.25, 0.3) is 0 Å². The molecular formula is C17H18O4. The summed E-state index contributed by atoms with van der Waals surface area (Å²) in [7, 11) is 3.16. The minimum absolute atomic E-state index is 0.290. The Hall–Kier alpha value is -2.49. The zero-order valence-corrected chi connectivity index (χ0v) is 12.2. The van der Waals surface area contributed by atoms with Gasteiger partial charge in [0.1, 0.15) is 5.75 Å². The third-order valence-electron chi connectivity index (χ3n) is 3.04. The first kappa shape index (κ1) is 14.9. The molecule has 0 unspecified atom stereocenters. The molecule has 0 saturated carbocycles. The number of carbonyl (C=O) groups excluding carboxylic acids is 1. The Morgan fingerprint density at radius 3 is 2.43 bits per heavy atom. The highest BCUT2D eigenvalue weighted by Gasteiger charge is 2.09. The van der Waals surface area contributed by atoms with Crippen LogP contribution in [0.4, 0.5) is 0 Å². The molecular weight excluding hydrogens is 268 g/mol. The Bertz CT molecular complexity index is 607. The van der Waals surface area contributed by atoms with E-state index in [9.17, 15) is 4.79 Å². The van der Waals surface area contributed by atoms with Crippen LogP contribution in [0, 0.1) is 0 Å². The van der Waals surface area contributed by atoms with Crippen LogP contribution in [0.5, 0.6) is 17.2 Å². The molecule has 21 heavy (non-hydrogen) atoms. The van der Waals surface area contributed by atoms with Crippen molar-refractivity contribution in [2.75, 3.05) is 14.2 Å². The first-order chi connectivity index (χ1) is 10.2. The average Bonchev–Trinajstić information content (AvgIpc) is 2.53. The van der Waals surface area contributed by atoms with E-state index in [1.807, 2.05) is 30.3 Å². The fourth-order valence-electron chi connectivity index (χ4n) is 1.95. The number of ether oxygens (including phenoxy) is 3. The zero-order valence-electron chi connectivity index (χ0n) is 12.2. The van der Waals surface area contributed by atoms with Gasteiger partial charge in [0, 0.05) is 6.42 Å². The van der Waals surface area contributed by atoms with E-state index in [0.29, 0.717) is 24.3 Å². The molecule has 2 aromatic carbocycles. The van der Waals surface area contributed by atoms with Crippen LogP contribution in [0.3, 0.4) is 0 Å². The van der Waals surface area contributed by atoms with Crippen molar-refractivity contribution in [1.82, 2.24) is 0 Å². The predicted octanol–water partition coefficient (Wildman–Crippen LogP) is 3.24. The highest BCUT2D eigenvalue weighted by Crippen LogP contribution is 2.26. The van der Waals surface area contributed by atoms with Crippen LogP contribution in [0.2, 0.25) is 0 Å². The Balaban J connectivity index is 1.92. The van der Waals surface area contributed by atoms with Crippen molar-refractivity contribution in [3.05, 3.63) is 54.1 Å². The van der Waals surface area contributed by atoms with Gasteiger partial charge in [-0.1, -0.05) is 24.3 Å². The molecule has 2 rings (SSSR count). The number of hydrogen-bond donors (Lipinski definition) is 0. The van der Waals surface area contributed by atoms with Crippen molar-refractivity contribution < 1.29 is 19.0 Å². The van der Waals surface area contributed by atoms with Gasteiger partial charge in [-0.3, -0.25) is 4.79 Å². The van der Waals surface area contributed by atoms with E-state index in [1.54, 1.807) is 32.4 Å². The molecule has 0 saturated heterocycles. The van der Waals surface area contributed by atoms with Crippen molar-refractivity contribution in [2.45, 2.75) is 12.8 Å². The maximum absolute atomic E-state index is 11.9. The molecule has 0 amide bonds. The third kappa shape index (κ3) is 4.24. The largest absolute Gasteiger partial charge is 0.497 e. The second-order valence-corrected chi connectivity index (χ2v) is 4.48. The number of rotatable bonds is 6. The Morgan fingerprint density at radius 1 is 0.952 bits per heavy atom. The Labute approximate surface area is 124 Å². The van der Waals surface area contributed by atoms with Gasteiger partial charge in [0.25, 0.3) is 0 Å². The third-order valence-corrected chi connectivity index (χ3v) is 3.04. The molecule has 0 atom stereocenters. The van der Waals surface area contributed by atoms with Gasteiger partial charge in [0.2, 0.25) is 0 Å². The van der Waals surface area contributed by atoms with Crippen LogP contribution in [-0.2, 0) is 11.2 Å². The standard InChI is InChI=1S/C17H18O4/c1-19-14-7-5-6-13(12-14)10-11-17(18)21-16-9-4-3-8-15(16)20-2/h3-9,12H,10-11H2,1-2H3. The van der Waals surface area contributed by atoms with Gasteiger partial charge >= 0.3 is 5.97 Å². The second kappa shape index (κ2) is 7.33. The van der Waals surface area contributed by atoms with Gasteiger partial charge in [-0.2, -0.15) is 0 Å². The lowest BCUT2D eigenvalue weighted by molar-refractivity contribution is -0.134. The maximum atomic E-state index is 11.9. The number of para-hydroxylation sites is 2. The minimum atomic E-state index is -0.290. The zero-order chi connectivity index (χ0) is 15.1. The van der Waals surface area contributed by atoms with Gasteiger partial charge in [-0.05, 0) is 36.2 Å². The molecule has 4 nitrogen and oxygen atoms in total. The lowest BCUT2D eigenvalue weighted by Gasteiger charge is -2.09. The minimum Gasteiger partial charge on any atom is -0.497 e. The highest BCUT2D eigenvalue weighted by atomic mass is 16.6. The average molecular weight is 286 g/mol. The number of benzene rings is 2. The summed E-state index contributed by atoms with van der Waals surface area (Å²) in [5.74, 6) is 1.48. The molecule has 0 aliphatic heterocycles.